The zero-order chi connectivity index (χ0) is 18.1. The van der Waals surface area contributed by atoms with Crippen molar-refractivity contribution < 1.29 is 19.5 Å². The van der Waals surface area contributed by atoms with Crippen LogP contribution < -0.4 is 11.1 Å². The number of nitrogens with zero attached hydrogens (tertiary/aromatic N) is 1. The molecule has 7 nitrogen and oxygen atoms in total. The highest BCUT2D eigenvalue weighted by molar-refractivity contribution is 8.23. The average molecular weight is 379 g/mol. The zero-order valence-corrected chi connectivity index (χ0v) is 15.0. The number of β-lactam (4-membered cyclic amide) rings is 1. The van der Waals surface area contributed by atoms with Crippen LogP contribution in [0, 0.1) is 0 Å². The molecule has 1 saturated heterocycles. The number of nitrogens with one attached hydrogen (secondary N) is 1. The Morgan fingerprint density at radius 3 is 2.68 bits per heavy atom. The summed E-state index contributed by atoms with van der Waals surface area (Å²) in [5, 5.41) is 11.4. The lowest BCUT2D eigenvalue weighted by molar-refractivity contribution is -0.149. The Morgan fingerprint density at radius 1 is 1.40 bits per heavy atom. The first-order chi connectivity index (χ1) is 11.9. The third-order valence-corrected chi connectivity index (χ3v) is 6.21. The van der Waals surface area contributed by atoms with E-state index in [2.05, 4.69) is 5.32 Å². The minimum absolute atomic E-state index is 0.0455. The van der Waals surface area contributed by atoms with Crippen LogP contribution in [0.15, 0.2) is 40.3 Å². The maximum atomic E-state index is 12.3. The summed E-state index contributed by atoms with van der Waals surface area (Å²) in [6.45, 7) is 1.74. The van der Waals surface area contributed by atoms with Gasteiger partial charge in [0, 0.05) is 0 Å². The summed E-state index contributed by atoms with van der Waals surface area (Å²) < 4.78 is 0.501. The minimum Gasteiger partial charge on any atom is -0.477 e. The molecule has 1 fully saturated rings. The smallest absolute Gasteiger partial charge is 0.354 e. The maximum Gasteiger partial charge on any atom is 0.354 e. The number of hydrogen-bond acceptors (Lipinski definition) is 6. The molecular formula is C16H17N3O4S2. The van der Waals surface area contributed by atoms with Crippen molar-refractivity contribution >= 4 is 41.3 Å². The van der Waals surface area contributed by atoms with E-state index in [0.29, 0.717) is 4.24 Å². The van der Waals surface area contributed by atoms with Crippen molar-refractivity contribution in [2.75, 3.05) is 0 Å². The van der Waals surface area contributed by atoms with Gasteiger partial charge < -0.3 is 16.2 Å². The summed E-state index contributed by atoms with van der Waals surface area (Å²) in [6.07, 6.45) is 0.169. The molecule has 4 N–H and O–H groups in total. The first-order valence-electron chi connectivity index (χ1n) is 7.61. The number of thioether (sulfide) groups is 2. The van der Waals surface area contributed by atoms with Crippen molar-refractivity contribution in [1.82, 2.24) is 10.2 Å². The predicted octanol–water partition coefficient (Wildman–Crippen LogP) is 0.921. The number of amides is 2. The molecule has 2 aliphatic heterocycles. The van der Waals surface area contributed by atoms with E-state index in [4.69, 9.17) is 5.73 Å². The molecule has 2 amide bonds. The Balaban J connectivity index is 1.67. The molecule has 0 aromatic heterocycles. The number of benzene rings is 1. The number of carbonyl (C=O) groups excluding carboxylic acids is 2. The average Bonchev–Trinajstić information content (AvgIpc) is 2.88. The molecule has 25 heavy (non-hydrogen) atoms. The standard InChI is InChI=1S/C16H17N3O4S2/c1-8(17)24-16-12(15(22)23)19-13(21)11(14(19)25-16)18-10(20)7-9-5-3-2-4-6-9/h2-6,8,11,14H,7,17H2,1H3,(H,18,20)(H,22,23)/t8?,11?,14-/m1/s1. The molecule has 1 aromatic rings. The van der Waals surface area contributed by atoms with Crippen LogP contribution in [0.2, 0.25) is 0 Å². The molecule has 0 saturated carbocycles. The van der Waals surface area contributed by atoms with Crippen molar-refractivity contribution in [3.63, 3.8) is 0 Å². The molecule has 2 heterocycles. The number of carboxylic acid groups (broad SMARTS) is 1. The Hall–Kier alpha value is -1.97. The molecule has 2 aliphatic rings. The fourth-order valence-corrected chi connectivity index (χ4v) is 5.43. The molecule has 3 rings (SSSR count). The van der Waals surface area contributed by atoms with Crippen molar-refractivity contribution in [2.24, 2.45) is 5.73 Å². The third kappa shape index (κ3) is 3.53. The van der Waals surface area contributed by atoms with Crippen molar-refractivity contribution in [3.05, 3.63) is 45.8 Å². The second-order valence-corrected chi connectivity index (χ2v) is 8.46. The highest BCUT2D eigenvalue weighted by atomic mass is 32.2. The van der Waals surface area contributed by atoms with E-state index in [1.54, 1.807) is 6.92 Å². The van der Waals surface area contributed by atoms with E-state index >= 15 is 0 Å². The first-order valence-corrected chi connectivity index (χ1v) is 9.37. The Bertz CT molecular complexity index is 751. The van der Waals surface area contributed by atoms with E-state index in [1.807, 2.05) is 30.3 Å². The third-order valence-electron chi connectivity index (χ3n) is 3.72. The number of carbonyl (C=O) groups is 3. The van der Waals surface area contributed by atoms with Gasteiger partial charge in [0.2, 0.25) is 5.91 Å². The second kappa shape index (κ2) is 7.11. The van der Waals surface area contributed by atoms with Crippen LogP contribution in [0.4, 0.5) is 0 Å². The molecule has 9 heteroatoms. The van der Waals surface area contributed by atoms with Crippen LogP contribution in [-0.2, 0) is 20.8 Å². The fraction of sp³-hybridized carbons (Fsp3) is 0.312. The lowest BCUT2D eigenvalue weighted by Crippen LogP contribution is -2.67. The molecule has 1 aromatic carbocycles. The van der Waals surface area contributed by atoms with Gasteiger partial charge >= 0.3 is 5.97 Å². The largest absolute Gasteiger partial charge is 0.477 e. The molecular weight excluding hydrogens is 362 g/mol. The molecule has 2 unspecified atom stereocenters. The maximum absolute atomic E-state index is 12.3. The van der Waals surface area contributed by atoms with Crippen LogP contribution >= 0.6 is 23.5 Å². The van der Waals surface area contributed by atoms with Gasteiger partial charge in [-0.05, 0) is 12.5 Å². The lowest BCUT2D eigenvalue weighted by atomic mass is 10.1. The zero-order valence-electron chi connectivity index (χ0n) is 13.3. The highest BCUT2D eigenvalue weighted by Gasteiger charge is 2.56. The summed E-state index contributed by atoms with van der Waals surface area (Å²) in [4.78, 5) is 37.2. The highest BCUT2D eigenvalue weighted by Crippen LogP contribution is 2.51. The molecule has 0 radical (unpaired) electrons. The van der Waals surface area contributed by atoms with Gasteiger partial charge in [-0.15, -0.1) is 0 Å². The van der Waals surface area contributed by atoms with Crippen LogP contribution in [0.1, 0.15) is 12.5 Å². The number of hydrogen-bond donors (Lipinski definition) is 3. The van der Waals surface area contributed by atoms with Gasteiger partial charge in [0.25, 0.3) is 5.91 Å². The quantitative estimate of drug-likeness (QED) is 0.498. The minimum atomic E-state index is -1.17. The van der Waals surface area contributed by atoms with Gasteiger partial charge in [-0.1, -0.05) is 53.9 Å². The second-order valence-electron chi connectivity index (χ2n) is 5.69. The van der Waals surface area contributed by atoms with Crippen LogP contribution in [0.25, 0.3) is 0 Å². The lowest BCUT2D eigenvalue weighted by Gasteiger charge is -2.42. The predicted molar refractivity (Wildman–Crippen MR) is 96.2 cm³/mol. The van der Waals surface area contributed by atoms with E-state index in [9.17, 15) is 19.5 Å². The van der Waals surface area contributed by atoms with Gasteiger partial charge in [0.05, 0.1) is 16.0 Å². The summed E-state index contributed by atoms with van der Waals surface area (Å²) in [5.74, 6) is -1.84. The van der Waals surface area contributed by atoms with Gasteiger partial charge in [-0.3, -0.25) is 14.5 Å². The number of aliphatic carboxylic acids is 1. The van der Waals surface area contributed by atoms with Crippen molar-refractivity contribution in [2.45, 2.75) is 30.1 Å². The topological polar surface area (TPSA) is 113 Å². The van der Waals surface area contributed by atoms with Crippen molar-refractivity contribution in [1.29, 1.82) is 0 Å². The van der Waals surface area contributed by atoms with Crippen LogP contribution in [0.5, 0.6) is 0 Å². The number of carboxylic acids is 1. The van der Waals surface area contributed by atoms with E-state index < -0.39 is 23.3 Å². The molecule has 132 valence electrons. The van der Waals surface area contributed by atoms with Gasteiger partial charge in [0.1, 0.15) is 11.4 Å². The fourth-order valence-electron chi connectivity index (χ4n) is 2.67. The van der Waals surface area contributed by atoms with E-state index in [1.165, 1.54) is 28.4 Å². The SMILES string of the molecule is CC(N)SC1=C(C(=O)O)N2C(=O)C(NC(=O)Cc3ccccc3)[C@H]2S1. The van der Waals surface area contributed by atoms with Gasteiger partial charge in [0.15, 0.2) is 5.70 Å². The van der Waals surface area contributed by atoms with Crippen molar-refractivity contribution in [3.8, 4) is 0 Å². The normalized spacial score (nSPS) is 23.1. The molecule has 0 spiro atoms. The summed E-state index contributed by atoms with van der Waals surface area (Å²) in [6, 6.07) is 8.49. The van der Waals surface area contributed by atoms with E-state index in [0.717, 1.165) is 5.56 Å². The Kier molecular flexibility index (Phi) is 5.07. The monoisotopic (exact) mass is 379 g/mol. The summed E-state index contributed by atoms with van der Waals surface area (Å²) in [5.41, 5.74) is 6.53. The number of fused-ring (bicyclic) bond motifs is 1. The molecule has 0 bridgehead atoms. The first kappa shape index (κ1) is 17.8. The van der Waals surface area contributed by atoms with Crippen LogP contribution in [0.3, 0.4) is 0 Å². The molecule has 3 atom stereocenters. The Morgan fingerprint density at radius 2 is 2.08 bits per heavy atom. The summed E-state index contributed by atoms with van der Waals surface area (Å²) >= 11 is 2.46. The van der Waals surface area contributed by atoms with Gasteiger partial charge in [-0.2, -0.15) is 0 Å². The Labute approximate surface area is 153 Å². The molecule has 0 aliphatic carbocycles. The van der Waals surface area contributed by atoms with Crippen LogP contribution in [-0.4, -0.2) is 44.6 Å². The summed E-state index contributed by atoms with van der Waals surface area (Å²) in [7, 11) is 0. The number of rotatable bonds is 6. The van der Waals surface area contributed by atoms with E-state index in [-0.39, 0.29) is 23.4 Å². The number of nitrogens with two attached hydrogens (primary N) is 1. The van der Waals surface area contributed by atoms with Gasteiger partial charge in [-0.25, -0.2) is 4.79 Å².